The Bertz CT molecular complexity index is 730. The quantitative estimate of drug-likeness (QED) is 0.761. The average molecular weight is 282 g/mol. The van der Waals surface area contributed by atoms with Crippen molar-refractivity contribution in [3.05, 3.63) is 53.5 Å². The second kappa shape index (κ2) is 5.35. The third-order valence-corrected chi connectivity index (χ3v) is 4.80. The van der Waals surface area contributed by atoms with Crippen LogP contribution in [0.25, 0.3) is 21.3 Å². The summed E-state index contributed by atoms with van der Waals surface area (Å²) in [6.07, 6.45) is 1.83. The highest BCUT2D eigenvalue weighted by atomic mass is 32.1. The molecular formula is C17H18N2S. The van der Waals surface area contributed by atoms with Crippen molar-refractivity contribution in [3.63, 3.8) is 0 Å². The Hall–Kier alpha value is -1.71. The van der Waals surface area contributed by atoms with Gasteiger partial charge in [-0.15, -0.1) is 11.3 Å². The summed E-state index contributed by atoms with van der Waals surface area (Å²) in [5, 5.41) is 1.17. The Morgan fingerprint density at radius 1 is 1.10 bits per heavy atom. The molecule has 0 aliphatic rings. The molecule has 2 nitrogen and oxygen atoms in total. The van der Waals surface area contributed by atoms with Gasteiger partial charge < -0.3 is 5.73 Å². The number of aromatic nitrogens is 1. The van der Waals surface area contributed by atoms with Crippen molar-refractivity contribution in [1.82, 2.24) is 4.98 Å². The number of thiophene rings is 1. The van der Waals surface area contributed by atoms with Gasteiger partial charge in [0.25, 0.3) is 0 Å². The summed E-state index contributed by atoms with van der Waals surface area (Å²) in [7, 11) is 0. The lowest BCUT2D eigenvalue weighted by atomic mass is 10.0. The van der Waals surface area contributed by atoms with E-state index in [0.717, 1.165) is 5.52 Å². The summed E-state index contributed by atoms with van der Waals surface area (Å²) in [6.45, 7) is 4.32. The van der Waals surface area contributed by atoms with Crippen LogP contribution in [0.3, 0.4) is 0 Å². The Kier molecular flexibility index (Phi) is 3.55. The normalized spacial score (nSPS) is 13.0. The molecule has 1 unspecified atom stereocenters. The molecule has 20 heavy (non-hydrogen) atoms. The Labute approximate surface area is 123 Å². The molecule has 1 aromatic carbocycles. The summed E-state index contributed by atoms with van der Waals surface area (Å²) < 4.78 is 0. The van der Waals surface area contributed by atoms with Crippen LogP contribution in [-0.2, 0) is 0 Å². The van der Waals surface area contributed by atoms with E-state index in [-0.39, 0.29) is 6.04 Å². The molecule has 0 bridgehead atoms. The molecule has 1 atom stereocenters. The molecule has 2 heterocycles. The first-order chi connectivity index (χ1) is 9.65. The molecule has 0 amide bonds. The molecule has 0 radical (unpaired) electrons. The second-order valence-corrected chi connectivity index (χ2v) is 6.50. The molecule has 0 spiro atoms. The molecule has 102 valence electrons. The highest BCUT2D eigenvalue weighted by molar-refractivity contribution is 7.15. The third-order valence-electron chi connectivity index (χ3n) is 3.56. The van der Waals surface area contributed by atoms with E-state index in [0.29, 0.717) is 5.92 Å². The van der Waals surface area contributed by atoms with Crippen molar-refractivity contribution in [2.75, 3.05) is 0 Å². The van der Waals surface area contributed by atoms with Crippen LogP contribution in [0.15, 0.2) is 48.7 Å². The minimum absolute atomic E-state index is 0.121. The maximum absolute atomic E-state index is 6.22. The zero-order valence-corrected chi connectivity index (χ0v) is 12.5. The monoisotopic (exact) mass is 282 g/mol. The van der Waals surface area contributed by atoms with Gasteiger partial charge in [-0.3, -0.25) is 4.98 Å². The summed E-state index contributed by atoms with van der Waals surface area (Å²) in [5.74, 6) is 0.460. The predicted molar refractivity (Wildman–Crippen MR) is 86.8 cm³/mol. The maximum Gasteiger partial charge on any atom is 0.0702 e. The molecule has 3 rings (SSSR count). The molecular weight excluding hydrogens is 264 g/mol. The van der Waals surface area contributed by atoms with Crippen LogP contribution >= 0.6 is 11.3 Å². The van der Waals surface area contributed by atoms with E-state index in [9.17, 15) is 0 Å². The van der Waals surface area contributed by atoms with Gasteiger partial charge >= 0.3 is 0 Å². The SMILES string of the molecule is CC(C)C(N)c1ccc(-c2ccc3ncccc3c2)s1. The van der Waals surface area contributed by atoms with Crippen LogP contribution in [0.2, 0.25) is 0 Å². The second-order valence-electron chi connectivity index (χ2n) is 5.38. The largest absolute Gasteiger partial charge is 0.323 e. The topological polar surface area (TPSA) is 38.9 Å². The molecule has 3 aromatic rings. The predicted octanol–water partition coefficient (Wildman–Crippen LogP) is 4.62. The number of benzene rings is 1. The minimum Gasteiger partial charge on any atom is -0.323 e. The van der Waals surface area contributed by atoms with E-state index in [2.05, 4.69) is 55.2 Å². The lowest BCUT2D eigenvalue weighted by Crippen LogP contribution is -2.14. The van der Waals surface area contributed by atoms with Crippen molar-refractivity contribution in [3.8, 4) is 10.4 Å². The number of hydrogen-bond acceptors (Lipinski definition) is 3. The zero-order chi connectivity index (χ0) is 14.1. The van der Waals surface area contributed by atoms with Gasteiger partial charge in [-0.2, -0.15) is 0 Å². The van der Waals surface area contributed by atoms with E-state index < -0.39 is 0 Å². The highest BCUT2D eigenvalue weighted by Gasteiger charge is 2.13. The summed E-state index contributed by atoms with van der Waals surface area (Å²) >= 11 is 1.79. The van der Waals surface area contributed by atoms with Crippen LogP contribution in [0.4, 0.5) is 0 Å². The van der Waals surface area contributed by atoms with Gasteiger partial charge in [-0.1, -0.05) is 26.0 Å². The van der Waals surface area contributed by atoms with E-state index in [1.54, 1.807) is 11.3 Å². The minimum atomic E-state index is 0.121. The van der Waals surface area contributed by atoms with Crippen molar-refractivity contribution in [2.45, 2.75) is 19.9 Å². The van der Waals surface area contributed by atoms with Gasteiger partial charge in [0.2, 0.25) is 0 Å². The van der Waals surface area contributed by atoms with Crippen LogP contribution < -0.4 is 5.73 Å². The first-order valence-electron chi connectivity index (χ1n) is 6.85. The number of hydrogen-bond donors (Lipinski definition) is 1. The van der Waals surface area contributed by atoms with E-state index in [1.807, 2.05) is 12.3 Å². The Morgan fingerprint density at radius 2 is 1.95 bits per heavy atom. The lowest BCUT2D eigenvalue weighted by molar-refractivity contribution is 0.521. The number of fused-ring (bicyclic) bond motifs is 1. The Morgan fingerprint density at radius 3 is 2.75 bits per heavy atom. The van der Waals surface area contributed by atoms with Gasteiger partial charge in [0.1, 0.15) is 0 Å². The fraction of sp³-hybridized carbons (Fsp3) is 0.235. The molecule has 0 saturated carbocycles. The molecule has 0 fully saturated rings. The highest BCUT2D eigenvalue weighted by Crippen LogP contribution is 2.34. The average Bonchev–Trinajstić information content (AvgIpc) is 2.95. The van der Waals surface area contributed by atoms with Gasteiger partial charge in [0.05, 0.1) is 5.52 Å². The summed E-state index contributed by atoms with van der Waals surface area (Å²) in [5.41, 5.74) is 8.49. The van der Waals surface area contributed by atoms with E-state index >= 15 is 0 Å². The molecule has 0 saturated heterocycles. The molecule has 0 aliphatic heterocycles. The first kappa shape index (κ1) is 13.3. The van der Waals surface area contributed by atoms with Crippen LogP contribution in [0.1, 0.15) is 24.8 Å². The van der Waals surface area contributed by atoms with E-state index in [1.165, 1.54) is 20.7 Å². The number of nitrogens with two attached hydrogens (primary N) is 1. The Balaban J connectivity index is 1.99. The van der Waals surface area contributed by atoms with Crippen molar-refractivity contribution in [2.24, 2.45) is 11.7 Å². The molecule has 0 aliphatic carbocycles. The maximum atomic E-state index is 6.22. The van der Waals surface area contributed by atoms with Gasteiger partial charge in [-0.25, -0.2) is 0 Å². The molecule has 2 aromatic heterocycles. The summed E-state index contributed by atoms with van der Waals surface area (Å²) in [4.78, 5) is 6.87. The number of pyridine rings is 1. The van der Waals surface area contributed by atoms with Crippen molar-refractivity contribution >= 4 is 22.2 Å². The van der Waals surface area contributed by atoms with Crippen LogP contribution in [-0.4, -0.2) is 4.98 Å². The van der Waals surface area contributed by atoms with Gasteiger partial charge in [0, 0.05) is 27.4 Å². The van der Waals surface area contributed by atoms with Crippen LogP contribution in [0, 0.1) is 5.92 Å². The fourth-order valence-electron chi connectivity index (χ4n) is 2.24. The van der Waals surface area contributed by atoms with E-state index in [4.69, 9.17) is 5.73 Å². The standard InChI is InChI=1S/C17H18N2S/c1-11(2)17(18)16-8-7-15(20-16)13-5-6-14-12(10-13)4-3-9-19-14/h3-11,17H,18H2,1-2H3. The molecule has 2 N–H and O–H groups in total. The van der Waals surface area contributed by atoms with Crippen molar-refractivity contribution < 1.29 is 0 Å². The zero-order valence-electron chi connectivity index (χ0n) is 11.7. The first-order valence-corrected chi connectivity index (χ1v) is 7.67. The lowest BCUT2D eigenvalue weighted by Gasteiger charge is -2.12. The smallest absolute Gasteiger partial charge is 0.0702 e. The van der Waals surface area contributed by atoms with Crippen LogP contribution in [0.5, 0.6) is 0 Å². The number of nitrogens with zero attached hydrogens (tertiary/aromatic N) is 1. The molecule has 3 heteroatoms. The summed E-state index contributed by atoms with van der Waals surface area (Å²) in [6, 6.07) is 14.9. The number of rotatable bonds is 3. The fourth-order valence-corrected chi connectivity index (χ4v) is 3.42. The van der Waals surface area contributed by atoms with Gasteiger partial charge in [0.15, 0.2) is 0 Å². The van der Waals surface area contributed by atoms with Gasteiger partial charge in [-0.05, 0) is 41.8 Å². The van der Waals surface area contributed by atoms with Crippen molar-refractivity contribution in [1.29, 1.82) is 0 Å². The third kappa shape index (κ3) is 2.47.